The van der Waals surface area contributed by atoms with Gasteiger partial charge in [-0.1, -0.05) is 65.8 Å². The Morgan fingerprint density at radius 1 is 1.00 bits per heavy atom. The molecule has 5 nitrogen and oxygen atoms in total. The number of thiocarbonyl (C=S) groups is 1. The summed E-state index contributed by atoms with van der Waals surface area (Å²) in [6.07, 6.45) is 0.228. The molecule has 0 heterocycles. The van der Waals surface area contributed by atoms with Crippen molar-refractivity contribution in [3.8, 4) is 0 Å². The third kappa shape index (κ3) is 6.28. The molecule has 3 aromatic carbocycles. The molecule has 0 spiro atoms. The molecule has 170 valence electrons. The minimum absolute atomic E-state index is 0.101. The maximum absolute atomic E-state index is 14.0. The molecule has 0 aliphatic carbocycles. The normalized spacial score (nSPS) is 11.4. The third-order valence-corrected chi connectivity index (χ3v) is 5.72. The van der Waals surface area contributed by atoms with E-state index in [1.54, 1.807) is 54.6 Å². The van der Waals surface area contributed by atoms with E-state index in [-0.39, 0.29) is 32.6 Å². The first-order valence-corrected chi connectivity index (χ1v) is 10.9. The van der Waals surface area contributed by atoms with Crippen LogP contribution in [0.1, 0.15) is 21.5 Å². The smallest absolute Gasteiger partial charge is 0.328 e. The van der Waals surface area contributed by atoms with E-state index in [9.17, 15) is 14.0 Å². The van der Waals surface area contributed by atoms with Gasteiger partial charge in [0.25, 0.3) is 5.91 Å². The molecule has 1 amide bonds. The molecule has 3 aromatic rings. The Morgan fingerprint density at radius 2 is 1.64 bits per heavy atom. The number of amides is 1. The SMILES string of the molecule is COC(=O)C(Cc1ccc(NC(=O)c2c(Cl)cccc2Cl)cc1)NC(=S)c1ccccc1F. The summed E-state index contributed by atoms with van der Waals surface area (Å²) in [6.45, 7) is 0. The number of ether oxygens (including phenoxy) is 1. The fraction of sp³-hybridized carbons (Fsp3) is 0.125. The van der Waals surface area contributed by atoms with Gasteiger partial charge in [-0.15, -0.1) is 0 Å². The van der Waals surface area contributed by atoms with Gasteiger partial charge in [0.05, 0.1) is 22.7 Å². The van der Waals surface area contributed by atoms with Crippen LogP contribution >= 0.6 is 35.4 Å². The zero-order valence-electron chi connectivity index (χ0n) is 17.4. The summed E-state index contributed by atoms with van der Waals surface area (Å²) in [6, 6.07) is 16.9. The number of benzene rings is 3. The molecule has 2 N–H and O–H groups in total. The van der Waals surface area contributed by atoms with Crippen molar-refractivity contribution < 1.29 is 18.7 Å². The first-order valence-electron chi connectivity index (χ1n) is 9.77. The van der Waals surface area contributed by atoms with Gasteiger partial charge in [-0.3, -0.25) is 4.79 Å². The zero-order valence-corrected chi connectivity index (χ0v) is 19.7. The van der Waals surface area contributed by atoms with Gasteiger partial charge in [-0.25, -0.2) is 9.18 Å². The number of halogens is 3. The Labute approximate surface area is 205 Å². The summed E-state index contributed by atoms with van der Waals surface area (Å²) in [5.74, 6) is -1.47. The van der Waals surface area contributed by atoms with Crippen LogP contribution in [0.15, 0.2) is 66.7 Å². The van der Waals surface area contributed by atoms with Gasteiger partial charge in [0.15, 0.2) is 0 Å². The second kappa shape index (κ2) is 11.2. The topological polar surface area (TPSA) is 67.4 Å². The van der Waals surface area contributed by atoms with Crippen molar-refractivity contribution in [2.75, 3.05) is 12.4 Å². The van der Waals surface area contributed by atoms with E-state index < -0.39 is 23.7 Å². The Morgan fingerprint density at radius 3 is 2.24 bits per heavy atom. The predicted molar refractivity (Wildman–Crippen MR) is 132 cm³/mol. The lowest BCUT2D eigenvalue weighted by Gasteiger charge is -2.19. The van der Waals surface area contributed by atoms with Gasteiger partial charge in [0.1, 0.15) is 16.8 Å². The van der Waals surface area contributed by atoms with Crippen LogP contribution in [0.2, 0.25) is 10.0 Å². The lowest BCUT2D eigenvalue weighted by Crippen LogP contribution is -2.42. The van der Waals surface area contributed by atoms with Gasteiger partial charge in [0, 0.05) is 17.7 Å². The summed E-state index contributed by atoms with van der Waals surface area (Å²) in [5.41, 5.74) is 1.66. The number of carbonyl (C=O) groups excluding carboxylic acids is 2. The molecule has 0 fully saturated rings. The minimum Gasteiger partial charge on any atom is -0.467 e. The number of hydrogen-bond acceptors (Lipinski definition) is 4. The van der Waals surface area contributed by atoms with Crippen LogP contribution < -0.4 is 10.6 Å². The lowest BCUT2D eigenvalue weighted by atomic mass is 10.0. The molecule has 33 heavy (non-hydrogen) atoms. The van der Waals surface area contributed by atoms with Crippen molar-refractivity contribution in [2.45, 2.75) is 12.5 Å². The van der Waals surface area contributed by atoms with Crippen LogP contribution in [0.3, 0.4) is 0 Å². The number of rotatable bonds is 7. The molecule has 9 heteroatoms. The standard InChI is InChI=1S/C24H19Cl2FN2O3S/c1-32-24(31)20(29-23(33)16-5-2-3-8-19(16)27)13-14-9-11-15(12-10-14)28-22(30)21-17(25)6-4-7-18(21)26/h2-12,20H,13H2,1H3,(H,28,30)(H,29,33). The van der Waals surface area contributed by atoms with Crippen molar-refractivity contribution in [3.05, 3.63) is 99.3 Å². The first-order chi connectivity index (χ1) is 15.8. The summed E-state index contributed by atoms with van der Waals surface area (Å²) in [5, 5.41) is 6.10. The number of esters is 1. The van der Waals surface area contributed by atoms with Gasteiger partial charge in [-0.05, 0) is 42.0 Å². The van der Waals surface area contributed by atoms with E-state index in [2.05, 4.69) is 10.6 Å². The molecular formula is C24H19Cl2FN2O3S. The Kier molecular flexibility index (Phi) is 8.38. The maximum atomic E-state index is 14.0. The summed E-state index contributed by atoms with van der Waals surface area (Å²) in [4.78, 5) is 24.9. The van der Waals surface area contributed by atoms with E-state index >= 15 is 0 Å². The van der Waals surface area contributed by atoms with E-state index in [4.69, 9.17) is 40.2 Å². The molecule has 0 aliphatic rings. The number of nitrogens with one attached hydrogen (secondary N) is 2. The van der Waals surface area contributed by atoms with E-state index in [1.807, 2.05) is 0 Å². The molecule has 0 aliphatic heterocycles. The van der Waals surface area contributed by atoms with Crippen LogP contribution in [0, 0.1) is 5.82 Å². The van der Waals surface area contributed by atoms with Crippen molar-refractivity contribution >= 4 is 58.0 Å². The lowest BCUT2D eigenvalue weighted by molar-refractivity contribution is -0.142. The van der Waals surface area contributed by atoms with Crippen molar-refractivity contribution in [1.82, 2.24) is 5.32 Å². The van der Waals surface area contributed by atoms with Crippen LogP contribution in [0.5, 0.6) is 0 Å². The van der Waals surface area contributed by atoms with E-state index in [0.29, 0.717) is 5.69 Å². The number of anilines is 1. The fourth-order valence-electron chi connectivity index (χ4n) is 3.09. The molecule has 0 saturated heterocycles. The Bertz CT molecular complexity index is 1170. The summed E-state index contributed by atoms with van der Waals surface area (Å²) < 4.78 is 18.9. The predicted octanol–water partition coefficient (Wildman–Crippen LogP) is 5.43. The maximum Gasteiger partial charge on any atom is 0.328 e. The third-order valence-electron chi connectivity index (χ3n) is 4.75. The molecule has 1 atom stereocenters. The minimum atomic E-state index is -0.829. The van der Waals surface area contributed by atoms with Gasteiger partial charge in [-0.2, -0.15) is 0 Å². The van der Waals surface area contributed by atoms with Gasteiger partial charge >= 0.3 is 5.97 Å². The molecule has 0 radical (unpaired) electrons. The number of carbonyl (C=O) groups is 2. The zero-order chi connectivity index (χ0) is 24.0. The first kappa shape index (κ1) is 24.6. The molecule has 0 aromatic heterocycles. The average molecular weight is 505 g/mol. The van der Waals surface area contributed by atoms with Crippen LogP contribution in [0.25, 0.3) is 0 Å². The van der Waals surface area contributed by atoms with E-state index in [0.717, 1.165) is 5.56 Å². The molecule has 3 rings (SSSR count). The second-order valence-electron chi connectivity index (χ2n) is 6.98. The molecule has 1 unspecified atom stereocenters. The Balaban J connectivity index is 1.70. The molecular weight excluding hydrogens is 486 g/mol. The Hall–Kier alpha value is -3.00. The summed E-state index contributed by atoms with van der Waals surface area (Å²) in [7, 11) is 1.27. The highest BCUT2D eigenvalue weighted by Crippen LogP contribution is 2.25. The highest BCUT2D eigenvalue weighted by Gasteiger charge is 2.22. The monoisotopic (exact) mass is 504 g/mol. The summed E-state index contributed by atoms with van der Waals surface area (Å²) >= 11 is 17.4. The van der Waals surface area contributed by atoms with E-state index in [1.165, 1.54) is 19.2 Å². The van der Waals surface area contributed by atoms with Crippen molar-refractivity contribution in [3.63, 3.8) is 0 Å². The van der Waals surface area contributed by atoms with Crippen LogP contribution in [-0.4, -0.2) is 30.0 Å². The highest BCUT2D eigenvalue weighted by atomic mass is 35.5. The fourth-order valence-corrected chi connectivity index (χ4v) is 3.96. The highest BCUT2D eigenvalue weighted by molar-refractivity contribution is 7.80. The van der Waals surface area contributed by atoms with Crippen LogP contribution in [-0.2, 0) is 16.0 Å². The van der Waals surface area contributed by atoms with Crippen molar-refractivity contribution in [1.29, 1.82) is 0 Å². The molecule has 0 saturated carbocycles. The average Bonchev–Trinajstić information content (AvgIpc) is 2.79. The van der Waals surface area contributed by atoms with Gasteiger partial charge < -0.3 is 15.4 Å². The largest absolute Gasteiger partial charge is 0.467 e. The quantitative estimate of drug-likeness (QED) is 0.331. The van der Waals surface area contributed by atoms with Crippen molar-refractivity contribution in [2.24, 2.45) is 0 Å². The van der Waals surface area contributed by atoms with Crippen LogP contribution in [0.4, 0.5) is 10.1 Å². The molecule has 0 bridgehead atoms. The second-order valence-corrected chi connectivity index (χ2v) is 8.20. The number of methoxy groups -OCH3 is 1. The van der Waals surface area contributed by atoms with Gasteiger partial charge in [0.2, 0.25) is 0 Å². The number of hydrogen-bond donors (Lipinski definition) is 2.